The fraction of sp³-hybridized carbons (Fsp3) is 0.176. The molecule has 8 heteroatoms. The van der Waals surface area contributed by atoms with Crippen LogP contribution in [0.2, 0.25) is 0 Å². The number of anilines is 1. The lowest BCUT2D eigenvalue weighted by Gasteiger charge is -2.21. The van der Waals surface area contributed by atoms with Gasteiger partial charge in [-0.05, 0) is 36.8 Å². The van der Waals surface area contributed by atoms with Gasteiger partial charge < -0.3 is 0 Å². The molecule has 2 aromatic rings. The van der Waals surface area contributed by atoms with E-state index in [9.17, 15) is 13.2 Å². The number of amides is 1. The molecule has 0 aromatic heterocycles. The lowest BCUT2D eigenvalue weighted by Crippen LogP contribution is -2.39. The first kappa shape index (κ1) is 19.1. The van der Waals surface area contributed by atoms with Crippen molar-refractivity contribution in [2.24, 2.45) is 5.10 Å². The number of hydrogen-bond donors (Lipinski definition) is 1. The average molecular weight is 424 g/mol. The Bertz CT molecular complexity index is 883. The summed E-state index contributed by atoms with van der Waals surface area (Å²) in [6.45, 7) is 1.41. The van der Waals surface area contributed by atoms with Crippen LogP contribution in [0.5, 0.6) is 0 Å². The summed E-state index contributed by atoms with van der Waals surface area (Å²) in [6, 6.07) is 15.9. The zero-order valence-electron chi connectivity index (χ0n) is 13.8. The van der Waals surface area contributed by atoms with E-state index in [2.05, 4.69) is 26.5 Å². The number of hydrogen-bond acceptors (Lipinski definition) is 4. The van der Waals surface area contributed by atoms with Gasteiger partial charge in [0.2, 0.25) is 10.0 Å². The molecule has 0 saturated carbocycles. The highest BCUT2D eigenvalue weighted by molar-refractivity contribution is 9.10. The van der Waals surface area contributed by atoms with Crippen molar-refractivity contribution >= 4 is 43.3 Å². The Hall–Kier alpha value is -2.19. The van der Waals surface area contributed by atoms with Crippen molar-refractivity contribution in [3.63, 3.8) is 0 Å². The second-order valence-corrected chi connectivity index (χ2v) is 8.17. The number of halogens is 1. The summed E-state index contributed by atoms with van der Waals surface area (Å²) in [5, 5.41) is 4.04. The van der Waals surface area contributed by atoms with E-state index in [-0.39, 0.29) is 6.54 Å². The van der Waals surface area contributed by atoms with E-state index >= 15 is 0 Å². The van der Waals surface area contributed by atoms with Gasteiger partial charge in [-0.1, -0.05) is 46.3 Å². The van der Waals surface area contributed by atoms with Gasteiger partial charge in [-0.3, -0.25) is 9.10 Å². The number of nitrogens with one attached hydrogen (secondary N) is 1. The fourth-order valence-electron chi connectivity index (χ4n) is 2.08. The van der Waals surface area contributed by atoms with Crippen LogP contribution in [0.3, 0.4) is 0 Å². The van der Waals surface area contributed by atoms with Crippen LogP contribution in [0.1, 0.15) is 12.5 Å². The van der Waals surface area contributed by atoms with E-state index in [0.29, 0.717) is 11.4 Å². The minimum Gasteiger partial charge on any atom is -0.271 e. The largest absolute Gasteiger partial charge is 0.271 e. The first-order valence-electron chi connectivity index (χ1n) is 7.39. The van der Waals surface area contributed by atoms with Gasteiger partial charge in [-0.25, -0.2) is 13.8 Å². The summed E-state index contributed by atoms with van der Waals surface area (Å²) in [5.41, 5.74) is 4.28. The molecular weight excluding hydrogens is 406 g/mol. The third kappa shape index (κ3) is 5.68. The standard InChI is InChI=1S/C17H18BrN3O3S/c1-13(14-7-6-8-15(18)11-14)19-20-17(22)12-21(25(2,23)24)16-9-4-3-5-10-16/h3-11H,12H2,1-2H3,(H,20,22)/b19-13-. The van der Waals surface area contributed by atoms with E-state index in [1.807, 2.05) is 24.3 Å². The van der Waals surface area contributed by atoms with Gasteiger partial charge in [-0.2, -0.15) is 5.10 Å². The van der Waals surface area contributed by atoms with Gasteiger partial charge >= 0.3 is 0 Å². The van der Waals surface area contributed by atoms with Crippen LogP contribution < -0.4 is 9.73 Å². The fourth-order valence-corrected chi connectivity index (χ4v) is 3.34. The number of carbonyl (C=O) groups excluding carboxylic acids is 1. The molecule has 0 spiro atoms. The van der Waals surface area contributed by atoms with Crippen molar-refractivity contribution in [1.82, 2.24) is 5.43 Å². The van der Waals surface area contributed by atoms with E-state index in [0.717, 1.165) is 20.6 Å². The number of para-hydroxylation sites is 1. The van der Waals surface area contributed by atoms with E-state index in [1.165, 1.54) is 0 Å². The molecule has 0 radical (unpaired) electrons. The maximum atomic E-state index is 12.1. The smallest absolute Gasteiger partial charge is 0.260 e. The summed E-state index contributed by atoms with van der Waals surface area (Å²) in [6.07, 6.45) is 1.06. The third-order valence-electron chi connectivity index (χ3n) is 3.32. The molecule has 0 unspecified atom stereocenters. The van der Waals surface area contributed by atoms with E-state index in [1.54, 1.807) is 37.3 Å². The Balaban J connectivity index is 2.11. The van der Waals surface area contributed by atoms with Crippen molar-refractivity contribution < 1.29 is 13.2 Å². The van der Waals surface area contributed by atoms with E-state index < -0.39 is 15.9 Å². The predicted octanol–water partition coefficient (Wildman–Crippen LogP) is 2.76. The molecule has 6 nitrogen and oxygen atoms in total. The number of nitrogens with zero attached hydrogens (tertiary/aromatic N) is 2. The molecule has 0 atom stereocenters. The molecule has 0 saturated heterocycles. The Morgan fingerprint density at radius 2 is 1.84 bits per heavy atom. The second kappa shape index (κ2) is 8.26. The second-order valence-electron chi connectivity index (χ2n) is 5.35. The molecule has 0 aliphatic rings. The van der Waals surface area contributed by atoms with Gasteiger partial charge in [0.15, 0.2) is 0 Å². The van der Waals surface area contributed by atoms with Crippen LogP contribution in [-0.4, -0.2) is 32.8 Å². The molecule has 25 heavy (non-hydrogen) atoms. The average Bonchev–Trinajstić information content (AvgIpc) is 2.57. The third-order valence-corrected chi connectivity index (χ3v) is 4.96. The van der Waals surface area contributed by atoms with Crippen LogP contribution in [0, 0.1) is 0 Å². The van der Waals surface area contributed by atoms with Gasteiger partial charge in [0, 0.05) is 4.47 Å². The molecule has 0 bridgehead atoms. The summed E-state index contributed by atoms with van der Waals surface area (Å²) in [4.78, 5) is 12.1. The molecular formula is C17H18BrN3O3S. The monoisotopic (exact) mass is 423 g/mol. The van der Waals surface area contributed by atoms with Gasteiger partial charge in [-0.15, -0.1) is 0 Å². The quantitative estimate of drug-likeness (QED) is 0.572. The summed E-state index contributed by atoms with van der Waals surface area (Å²) in [5.74, 6) is -0.524. The van der Waals surface area contributed by atoms with Gasteiger partial charge in [0.05, 0.1) is 17.7 Å². The molecule has 132 valence electrons. The summed E-state index contributed by atoms with van der Waals surface area (Å²) >= 11 is 3.38. The highest BCUT2D eigenvalue weighted by Gasteiger charge is 2.20. The highest BCUT2D eigenvalue weighted by Crippen LogP contribution is 2.16. The molecule has 1 amide bonds. The Kier molecular flexibility index (Phi) is 6.33. The van der Waals surface area contributed by atoms with Crippen molar-refractivity contribution in [3.05, 3.63) is 64.6 Å². The molecule has 0 aliphatic carbocycles. The zero-order valence-corrected chi connectivity index (χ0v) is 16.2. The maximum Gasteiger partial charge on any atom is 0.260 e. The van der Waals surface area contributed by atoms with Gasteiger partial charge in [0.1, 0.15) is 6.54 Å². The molecule has 2 aromatic carbocycles. The number of carbonyl (C=O) groups is 1. The van der Waals surface area contributed by atoms with Crippen molar-refractivity contribution in [3.8, 4) is 0 Å². The summed E-state index contributed by atoms with van der Waals surface area (Å²) < 4.78 is 25.9. The van der Waals surface area contributed by atoms with Crippen LogP contribution in [-0.2, 0) is 14.8 Å². The lowest BCUT2D eigenvalue weighted by molar-refractivity contribution is -0.119. The number of benzene rings is 2. The molecule has 0 fully saturated rings. The van der Waals surface area contributed by atoms with Crippen LogP contribution in [0.15, 0.2) is 64.2 Å². The SMILES string of the molecule is C/C(=N/NC(=O)CN(c1ccccc1)S(C)(=O)=O)c1cccc(Br)c1. The minimum absolute atomic E-state index is 0.349. The van der Waals surface area contributed by atoms with Crippen LogP contribution >= 0.6 is 15.9 Å². The van der Waals surface area contributed by atoms with Crippen molar-refractivity contribution in [1.29, 1.82) is 0 Å². The molecule has 0 aliphatic heterocycles. The van der Waals surface area contributed by atoms with Crippen molar-refractivity contribution in [2.45, 2.75) is 6.92 Å². The number of rotatable bonds is 6. The number of sulfonamides is 1. The first-order valence-corrected chi connectivity index (χ1v) is 10.0. The van der Waals surface area contributed by atoms with E-state index in [4.69, 9.17) is 0 Å². The zero-order chi connectivity index (χ0) is 18.4. The van der Waals surface area contributed by atoms with Gasteiger partial charge in [0.25, 0.3) is 5.91 Å². The van der Waals surface area contributed by atoms with Crippen LogP contribution in [0.25, 0.3) is 0 Å². The Morgan fingerprint density at radius 3 is 2.44 bits per heavy atom. The molecule has 0 heterocycles. The molecule has 2 rings (SSSR count). The minimum atomic E-state index is -3.59. The lowest BCUT2D eigenvalue weighted by atomic mass is 10.1. The molecule has 1 N–H and O–H groups in total. The van der Waals surface area contributed by atoms with Crippen molar-refractivity contribution in [2.75, 3.05) is 17.1 Å². The highest BCUT2D eigenvalue weighted by atomic mass is 79.9. The number of hydrazone groups is 1. The topological polar surface area (TPSA) is 78.8 Å². The normalized spacial score (nSPS) is 11.9. The predicted molar refractivity (Wildman–Crippen MR) is 103 cm³/mol. The maximum absolute atomic E-state index is 12.1. The Morgan fingerprint density at radius 1 is 1.16 bits per heavy atom. The Labute approximate surface area is 155 Å². The van der Waals surface area contributed by atoms with Crippen LogP contribution in [0.4, 0.5) is 5.69 Å². The summed E-state index contributed by atoms with van der Waals surface area (Å²) in [7, 11) is -3.59. The first-order chi connectivity index (χ1) is 11.8.